The number of carbonyl (C=O) groups is 5. The Morgan fingerprint density at radius 2 is 0.699 bits per heavy atom. The van der Waals surface area contributed by atoms with Crippen LogP contribution in [0.2, 0.25) is 20.1 Å². The van der Waals surface area contributed by atoms with Crippen LogP contribution in [0.3, 0.4) is 0 Å². The van der Waals surface area contributed by atoms with E-state index in [9.17, 15) is 24.0 Å². The number of nitrogens with one attached hydrogen (secondary N) is 4. The highest BCUT2D eigenvalue weighted by Gasteiger charge is 2.38. The molecule has 12 N–H and O–H groups in total. The molecule has 2 aliphatic rings. The molecule has 6 aromatic carbocycles. The molecule has 756 valence electrons. The van der Waals surface area contributed by atoms with Crippen LogP contribution in [-0.2, 0) is 4.79 Å². The summed E-state index contributed by atoms with van der Waals surface area (Å²) >= 11 is 25.3. The molecule has 31 nitrogen and oxygen atoms in total. The highest BCUT2D eigenvalue weighted by Crippen LogP contribution is 2.47. The Morgan fingerprint density at radius 1 is 0.406 bits per heavy atom. The smallest absolute Gasteiger partial charge is 0.262 e. The molecule has 143 heavy (non-hydrogen) atoms. The van der Waals surface area contributed by atoms with Crippen LogP contribution in [0.25, 0.3) is 22.1 Å². The summed E-state index contributed by atoms with van der Waals surface area (Å²) in [5, 5.41) is 10.6. The van der Waals surface area contributed by atoms with Crippen LogP contribution in [0.4, 0.5) is 52.2 Å². The summed E-state index contributed by atoms with van der Waals surface area (Å²) in [6.07, 6.45) is 13.9. The lowest BCUT2D eigenvalue weighted by molar-refractivity contribution is -0.127. The highest BCUT2D eigenvalue weighted by atomic mass is 35.5. The number of likely N-dealkylation sites (tertiary alicyclic amines) is 2. The molecule has 39 heteroatoms. The Kier molecular flexibility index (Phi) is 33.8. The molecule has 0 bridgehead atoms. The number of anilines is 6. The second kappa shape index (κ2) is 45.3. The molecule has 0 aliphatic carbocycles. The second-order valence-corrected chi connectivity index (χ2v) is 38.8. The quantitative estimate of drug-likeness (QED) is 0.0222. The number of nitrogens with two attached hydrogens (primary N) is 4. The predicted octanol–water partition coefficient (Wildman–Crippen LogP) is 20.3. The van der Waals surface area contributed by atoms with Gasteiger partial charge in [0.25, 0.3) is 23.6 Å². The van der Waals surface area contributed by atoms with Gasteiger partial charge in [-0.25, -0.2) is 57.4 Å². The number of rotatable bonds is 27. The first-order chi connectivity index (χ1) is 67.8. The van der Waals surface area contributed by atoms with Gasteiger partial charge in [-0.15, -0.1) is 0 Å². The highest BCUT2D eigenvalue weighted by molar-refractivity contribution is 6.33. The van der Waals surface area contributed by atoms with Crippen molar-refractivity contribution < 1.29 is 60.5 Å². The van der Waals surface area contributed by atoms with E-state index >= 15 is 17.6 Å². The van der Waals surface area contributed by atoms with Crippen LogP contribution in [-0.4, -0.2) is 167 Å². The Hall–Kier alpha value is -13.6. The molecule has 2 fully saturated rings. The number of halogens is 8. The van der Waals surface area contributed by atoms with Crippen LogP contribution in [0, 0.1) is 69.7 Å². The molecule has 10 heterocycles. The van der Waals surface area contributed by atoms with Crippen molar-refractivity contribution in [2.75, 3.05) is 72.8 Å². The molecule has 0 saturated carbocycles. The molecule has 6 atom stereocenters. The maximum Gasteiger partial charge on any atom is 0.262 e. The lowest BCUT2D eigenvalue weighted by Gasteiger charge is -2.23. The zero-order valence-electron chi connectivity index (χ0n) is 83.4. The number of aryl methyl sites for hydroxylation is 5. The van der Waals surface area contributed by atoms with E-state index < -0.39 is 70.6 Å². The SMILES string of the molecule is CC(=O)N1CCC(CNC(=O)c2c(F)c(Cl)cc(C(C)c3nc(C)c4c(N)nccn34)c2OC(C)C)C1.Cc1ccccc1NC(=O)c1c(F)c(Cl)cc(C(C)c2nc(C)c3c(N)nccn23)c1OC(C)C.Cc1nc(C(C)c2cc(Cl)c(F)c(C(=O)NCC3CCN(C(C)C)C3)c2OC(C)C)n2ccnc(N)c12.Cc1nc(C(C)c2cc(Cl)c(F)c(C(=O)Nc3ccccc3)c2OC(C)C)n2ccnc(N)c12. The summed E-state index contributed by atoms with van der Waals surface area (Å²) in [4.78, 5) is 105. The van der Waals surface area contributed by atoms with Gasteiger partial charge in [-0.05, 0) is 183 Å². The van der Waals surface area contributed by atoms with Gasteiger partial charge >= 0.3 is 0 Å². The Balaban J connectivity index is 0.000000160. The van der Waals surface area contributed by atoms with E-state index in [1.54, 1.807) is 119 Å². The summed E-state index contributed by atoms with van der Waals surface area (Å²) < 4.78 is 93.2. The first-order valence-electron chi connectivity index (χ1n) is 47.2. The number of carbonyl (C=O) groups excluding carboxylic acids is 5. The molecule has 2 aliphatic heterocycles. The predicted molar refractivity (Wildman–Crippen MR) is 551 cm³/mol. The molecule has 2 saturated heterocycles. The molecule has 0 radical (unpaired) electrons. The fourth-order valence-electron chi connectivity index (χ4n) is 18.0. The van der Waals surface area contributed by atoms with Crippen LogP contribution in [0.1, 0.15) is 256 Å². The zero-order valence-corrected chi connectivity index (χ0v) is 86.4. The third-order valence-electron chi connectivity index (χ3n) is 25.0. The molecule has 8 aromatic heterocycles. The first-order valence-corrected chi connectivity index (χ1v) is 48.7. The molecule has 6 unspecified atom stereocenters. The van der Waals surface area contributed by atoms with Crippen molar-refractivity contribution in [2.45, 2.75) is 205 Å². The van der Waals surface area contributed by atoms with Crippen molar-refractivity contribution in [1.82, 2.24) is 77.9 Å². The number of fused-ring (bicyclic) bond motifs is 4. The summed E-state index contributed by atoms with van der Waals surface area (Å²) in [7, 11) is 0. The van der Waals surface area contributed by atoms with Crippen molar-refractivity contribution in [1.29, 1.82) is 0 Å². The number of hydrogen-bond donors (Lipinski definition) is 8. The maximum atomic E-state index is 15.5. The van der Waals surface area contributed by atoms with Crippen LogP contribution in [0.15, 0.2) is 128 Å². The van der Waals surface area contributed by atoms with Gasteiger partial charge < -0.3 is 72.9 Å². The Bertz CT molecular complexity index is 7140. The molecular weight excluding hydrogens is 1920 g/mol. The number of amides is 5. The van der Waals surface area contributed by atoms with Gasteiger partial charge in [-0.3, -0.25) is 41.6 Å². The number of ether oxygens (including phenoxy) is 4. The number of imidazole rings is 4. The minimum atomic E-state index is -0.848. The number of nitrogen functional groups attached to an aromatic ring is 4. The van der Waals surface area contributed by atoms with E-state index in [0.717, 1.165) is 37.2 Å². The lowest BCUT2D eigenvalue weighted by Crippen LogP contribution is -2.33. The minimum absolute atomic E-state index is 0.000232. The summed E-state index contributed by atoms with van der Waals surface area (Å²) in [6.45, 7) is 41.0. The number of benzene rings is 6. The van der Waals surface area contributed by atoms with E-state index in [4.69, 9.17) is 108 Å². The largest absolute Gasteiger partial charge is 0.490 e. The maximum absolute atomic E-state index is 15.5. The van der Waals surface area contributed by atoms with E-state index in [2.05, 4.69) is 60.0 Å². The number of nitrogens with zero attached hydrogens (tertiary/aromatic N) is 14. The van der Waals surface area contributed by atoms with Crippen molar-refractivity contribution in [3.05, 3.63) is 268 Å². The second-order valence-electron chi connectivity index (χ2n) is 37.1. The van der Waals surface area contributed by atoms with E-state index in [0.29, 0.717) is 157 Å². The molecule has 16 rings (SSSR count). The Morgan fingerprint density at radius 3 is 0.993 bits per heavy atom. The molecular formula is C104H120Cl4F4N22O9. The normalized spacial score (nSPS) is 14.6. The van der Waals surface area contributed by atoms with Gasteiger partial charge in [0.1, 0.15) is 114 Å². The van der Waals surface area contributed by atoms with E-state index in [1.807, 2.05) is 126 Å². The third-order valence-corrected chi connectivity index (χ3v) is 26.1. The number of para-hydroxylation sites is 2. The van der Waals surface area contributed by atoms with Gasteiger partial charge in [0.15, 0.2) is 23.3 Å². The zero-order chi connectivity index (χ0) is 104. The van der Waals surface area contributed by atoms with Gasteiger partial charge in [-0.1, -0.05) is 110 Å². The monoisotopic (exact) mass is 2040 g/mol. The fraction of sp³-hybridized carbons (Fsp3) is 0.375. The van der Waals surface area contributed by atoms with Gasteiger partial charge in [0.2, 0.25) is 5.91 Å². The average molecular weight is 2040 g/mol. The summed E-state index contributed by atoms with van der Waals surface area (Å²) in [5.74, 6) is -2.58. The fourth-order valence-corrected chi connectivity index (χ4v) is 18.8. The topological polar surface area (TPSA) is 402 Å². The Labute approximate surface area is 846 Å². The standard InChI is InChI=1S/C27H36ClFN6O2.C26H32ClFN6O3.C26H27ClFN5O2.C25H25ClFN5O2/c1-14(2)34-9-7-18(13-34)12-32-27(36)21-22(29)20(28)11-19(24(21)37-15(3)4)16(5)26-33-17(6)23-25(30)31-8-10-35(23)26;1-13(2)37-23-18(14(3)25-32-15(4)22-24(29)30-7-9-34(22)25)10-19(27)21(28)20(23)26(36)31-11-17-6-8-33(12-17)16(5)35;1-13(2)35-23-17(15(4)25-31-16(5)22-24(29)30-10-11-33(22)25)12-18(27)21(28)20(23)26(34)32-19-9-7-6-8-14(19)3;1-13(2)34-22-17(14(3)24-30-15(4)21-23(28)29-10-11-32(21)24)12-18(26)20(27)19(22)25(33)31-16-8-6-5-7-9-16/h8,10-11,14-16,18H,7,9,12-13H2,1-6H3,(H2,30,31)(H,32,36);7,9-10,13-14,17H,6,8,11-12H2,1-5H3,(H2,29,30)(H,31,36);6-13,15H,1-5H3,(H2,29,30)(H,32,34);5-14H,1-4H3,(H2,28,29)(H,31,33). The lowest BCUT2D eigenvalue weighted by atomic mass is 9.95. The number of hydrogen-bond acceptors (Lipinski definition) is 22. The molecule has 14 aromatic rings. The summed E-state index contributed by atoms with van der Waals surface area (Å²) in [5.41, 5.74) is 33.0. The molecule has 0 spiro atoms. The molecule has 5 amide bonds. The summed E-state index contributed by atoms with van der Waals surface area (Å²) in [6, 6.07) is 22.5. The van der Waals surface area contributed by atoms with Crippen molar-refractivity contribution >= 4 is 133 Å². The third kappa shape index (κ3) is 23.2. The van der Waals surface area contributed by atoms with Gasteiger partial charge in [-0.2, -0.15) is 0 Å². The van der Waals surface area contributed by atoms with Gasteiger partial charge in [0, 0.05) is 153 Å². The van der Waals surface area contributed by atoms with E-state index in [1.165, 1.54) is 31.2 Å². The van der Waals surface area contributed by atoms with Crippen LogP contribution >= 0.6 is 46.4 Å². The van der Waals surface area contributed by atoms with Crippen LogP contribution in [0.5, 0.6) is 23.0 Å². The first kappa shape index (κ1) is 107. The van der Waals surface area contributed by atoms with E-state index in [-0.39, 0.29) is 102 Å². The van der Waals surface area contributed by atoms with Crippen molar-refractivity contribution in [3.8, 4) is 23.0 Å². The van der Waals surface area contributed by atoms with Crippen LogP contribution < -0.4 is 63.1 Å². The van der Waals surface area contributed by atoms with Crippen molar-refractivity contribution in [3.63, 3.8) is 0 Å². The number of aromatic nitrogens is 12. The van der Waals surface area contributed by atoms with Crippen molar-refractivity contribution in [2.24, 2.45) is 11.8 Å². The average Bonchev–Trinajstić information content (AvgIpc) is 1.68. The van der Waals surface area contributed by atoms with Gasteiger partial charge in [0.05, 0.1) is 67.3 Å². The minimum Gasteiger partial charge on any atom is -0.490 e.